The first-order chi connectivity index (χ1) is 11.6. The van der Waals surface area contributed by atoms with Crippen LogP contribution >= 0.6 is 15.9 Å². The molecule has 0 aliphatic heterocycles. The topological polar surface area (TPSA) is 54.4 Å². The summed E-state index contributed by atoms with van der Waals surface area (Å²) in [5.41, 5.74) is -1.28. The van der Waals surface area contributed by atoms with Crippen molar-refractivity contribution in [3.63, 3.8) is 0 Å². The van der Waals surface area contributed by atoms with Gasteiger partial charge in [0, 0.05) is 18.3 Å². The van der Waals surface area contributed by atoms with Crippen LogP contribution in [0.5, 0.6) is 0 Å². The van der Waals surface area contributed by atoms with Gasteiger partial charge in [-0.25, -0.2) is 0 Å². The van der Waals surface area contributed by atoms with Crippen LogP contribution in [0.15, 0.2) is 0 Å². The summed E-state index contributed by atoms with van der Waals surface area (Å²) in [6, 6.07) is 0. The van der Waals surface area contributed by atoms with Gasteiger partial charge in [0.05, 0.1) is 4.83 Å². The molecule has 4 heteroatoms. The molecule has 0 aromatic rings. The molecule has 0 spiro atoms. The minimum Gasteiger partial charge on any atom is -0.380 e. The van der Waals surface area contributed by atoms with E-state index in [0.717, 1.165) is 51.4 Å². The fourth-order valence-corrected chi connectivity index (χ4v) is 8.90. The van der Waals surface area contributed by atoms with Crippen LogP contribution in [0.3, 0.4) is 0 Å². The van der Waals surface area contributed by atoms with Crippen molar-refractivity contribution in [3.05, 3.63) is 0 Å². The molecule has 0 saturated heterocycles. The number of alkyl halides is 1. The molecule has 4 rings (SSSR count). The van der Waals surface area contributed by atoms with E-state index in [0.29, 0.717) is 29.5 Å². The highest BCUT2D eigenvalue weighted by Gasteiger charge is 2.69. The zero-order chi connectivity index (χ0) is 18.2. The van der Waals surface area contributed by atoms with E-state index < -0.39 is 5.60 Å². The molecule has 0 radical (unpaired) electrons. The quantitative estimate of drug-likeness (QED) is 0.655. The molecule has 0 unspecified atom stereocenters. The maximum Gasteiger partial charge on any atom is 0.163 e. The number of halogens is 1. The van der Waals surface area contributed by atoms with Crippen LogP contribution in [-0.2, 0) is 9.59 Å². The predicted molar refractivity (Wildman–Crippen MR) is 100 cm³/mol. The fourth-order valence-electron chi connectivity index (χ4n) is 7.65. The number of fused-ring (bicyclic) bond motifs is 5. The number of hydrogen-bond acceptors (Lipinski definition) is 3. The molecule has 25 heavy (non-hydrogen) atoms. The van der Waals surface area contributed by atoms with E-state index in [9.17, 15) is 14.7 Å². The molecule has 0 aromatic heterocycles. The van der Waals surface area contributed by atoms with Crippen LogP contribution in [0.1, 0.15) is 72.1 Å². The van der Waals surface area contributed by atoms with Crippen LogP contribution in [-0.4, -0.2) is 27.1 Å². The number of rotatable bonds is 1. The van der Waals surface area contributed by atoms with Crippen molar-refractivity contribution in [2.24, 2.45) is 34.5 Å². The molecule has 4 aliphatic rings. The Morgan fingerprint density at radius 1 is 1.16 bits per heavy atom. The van der Waals surface area contributed by atoms with Gasteiger partial charge in [-0.1, -0.05) is 29.8 Å². The van der Waals surface area contributed by atoms with E-state index in [1.165, 1.54) is 0 Å². The number of hydrogen-bond donors (Lipinski definition) is 1. The third-order valence-electron chi connectivity index (χ3n) is 9.19. The van der Waals surface area contributed by atoms with Crippen LogP contribution in [0, 0.1) is 34.5 Å². The van der Waals surface area contributed by atoms with Gasteiger partial charge in [0.1, 0.15) is 11.4 Å². The van der Waals surface area contributed by atoms with Gasteiger partial charge in [-0.2, -0.15) is 0 Å². The molecule has 140 valence electrons. The van der Waals surface area contributed by atoms with Crippen LogP contribution in [0.2, 0.25) is 0 Å². The van der Waals surface area contributed by atoms with Gasteiger partial charge in [0.15, 0.2) is 5.78 Å². The Hall–Kier alpha value is -0.220. The molecule has 8 atom stereocenters. The third-order valence-corrected chi connectivity index (χ3v) is 10.2. The first-order valence-electron chi connectivity index (χ1n) is 10.0. The maximum atomic E-state index is 12.4. The highest BCUT2D eigenvalue weighted by Crippen LogP contribution is 2.68. The molecule has 4 fully saturated rings. The zero-order valence-corrected chi connectivity index (χ0v) is 17.3. The molecule has 4 aliphatic carbocycles. The lowest BCUT2D eigenvalue weighted by molar-refractivity contribution is -0.168. The number of carbonyl (C=O) groups excluding carboxylic acids is 2. The molecule has 0 bridgehead atoms. The van der Waals surface area contributed by atoms with E-state index in [4.69, 9.17) is 0 Å². The molecule has 0 aromatic carbocycles. The van der Waals surface area contributed by atoms with Crippen molar-refractivity contribution in [1.82, 2.24) is 0 Å². The Morgan fingerprint density at radius 3 is 2.56 bits per heavy atom. The number of carbonyl (C=O) groups is 2. The number of aliphatic hydroxyl groups is 1. The van der Waals surface area contributed by atoms with Crippen LogP contribution in [0.25, 0.3) is 0 Å². The number of Topliss-reactive ketones (excluding diaryl/α,β-unsaturated/α-hetero) is 2. The van der Waals surface area contributed by atoms with Crippen LogP contribution < -0.4 is 0 Å². The first kappa shape index (κ1) is 18.2. The van der Waals surface area contributed by atoms with Gasteiger partial charge in [0.25, 0.3) is 0 Å². The van der Waals surface area contributed by atoms with E-state index in [2.05, 4.69) is 29.8 Å². The lowest BCUT2D eigenvalue weighted by Crippen LogP contribution is -2.59. The second-order valence-corrected chi connectivity index (χ2v) is 11.0. The molecular formula is C21H31BrO3. The summed E-state index contributed by atoms with van der Waals surface area (Å²) in [6.45, 7) is 6.15. The van der Waals surface area contributed by atoms with Crippen molar-refractivity contribution in [1.29, 1.82) is 0 Å². The molecular weight excluding hydrogens is 380 g/mol. The fraction of sp³-hybridized carbons (Fsp3) is 0.905. The van der Waals surface area contributed by atoms with Crippen molar-refractivity contribution < 1.29 is 14.7 Å². The second-order valence-electron chi connectivity index (χ2n) is 9.88. The highest BCUT2D eigenvalue weighted by atomic mass is 79.9. The molecule has 4 saturated carbocycles. The predicted octanol–water partition coefficient (Wildman–Crippen LogP) is 4.29. The van der Waals surface area contributed by atoms with Gasteiger partial charge >= 0.3 is 0 Å². The average Bonchev–Trinajstić information content (AvgIpc) is 2.77. The molecule has 3 nitrogen and oxygen atoms in total. The molecule has 0 heterocycles. The van der Waals surface area contributed by atoms with E-state index >= 15 is 0 Å². The SMILES string of the molecule is CC(=O)[C@@]1(O)[C@H](Br)C[C@H]2[C@@H]3CC[C@H]4CC(=O)CC[C@]4(C)[C@H]3CC[C@@]21C. The Labute approximate surface area is 159 Å². The zero-order valence-electron chi connectivity index (χ0n) is 15.7. The van der Waals surface area contributed by atoms with Crippen molar-refractivity contribution >= 4 is 27.5 Å². The molecule has 0 amide bonds. The minimum absolute atomic E-state index is 0.0824. The smallest absolute Gasteiger partial charge is 0.163 e. The Morgan fingerprint density at radius 2 is 1.88 bits per heavy atom. The van der Waals surface area contributed by atoms with Crippen molar-refractivity contribution in [2.75, 3.05) is 0 Å². The van der Waals surface area contributed by atoms with E-state index in [-0.39, 0.29) is 21.4 Å². The Kier molecular flexibility index (Phi) is 4.10. The Bertz CT molecular complexity index is 618. The monoisotopic (exact) mass is 410 g/mol. The van der Waals surface area contributed by atoms with Gasteiger partial charge in [-0.15, -0.1) is 0 Å². The van der Waals surface area contributed by atoms with Crippen molar-refractivity contribution in [2.45, 2.75) is 82.6 Å². The van der Waals surface area contributed by atoms with Crippen LogP contribution in [0.4, 0.5) is 0 Å². The second kappa shape index (κ2) is 5.64. The highest BCUT2D eigenvalue weighted by molar-refractivity contribution is 9.09. The molecule has 1 N–H and O–H groups in total. The summed E-state index contributed by atoms with van der Waals surface area (Å²) in [7, 11) is 0. The standard InChI is InChI=1S/C21H31BrO3/c1-12(23)21(25)18(22)11-17-15-5-4-13-10-14(24)6-8-19(13,2)16(15)7-9-20(17,21)3/h13,15-18,25H,4-11H2,1-3H3/t13-,15+,16-,17-,18+,19-,20-,21+/m0/s1. The summed E-state index contributed by atoms with van der Waals surface area (Å²) in [4.78, 5) is 24.3. The lowest BCUT2D eigenvalue weighted by atomic mass is 9.44. The van der Waals surface area contributed by atoms with Gasteiger partial charge in [-0.3, -0.25) is 9.59 Å². The average molecular weight is 411 g/mol. The normalized spacial score (nSPS) is 55.2. The first-order valence-corrected chi connectivity index (χ1v) is 11.0. The largest absolute Gasteiger partial charge is 0.380 e. The maximum absolute atomic E-state index is 12.4. The van der Waals surface area contributed by atoms with E-state index in [1.807, 2.05) is 0 Å². The lowest BCUT2D eigenvalue weighted by Gasteiger charge is -2.60. The summed E-state index contributed by atoms with van der Waals surface area (Å²) in [6.07, 6.45) is 7.77. The van der Waals surface area contributed by atoms with Gasteiger partial charge < -0.3 is 5.11 Å². The summed E-state index contributed by atoms with van der Waals surface area (Å²) in [5.74, 6) is 2.55. The minimum atomic E-state index is -1.23. The summed E-state index contributed by atoms with van der Waals surface area (Å²) < 4.78 is 0. The summed E-state index contributed by atoms with van der Waals surface area (Å²) >= 11 is 3.68. The number of ketones is 2. The third kappa shape index (κ3) is 2.19. The summed E-state index contributed by atoms with van der Waals surface area (Å²) in [5, 5.41) is 11.4. The Balaban J connectivity index is 1.68. The van der Waals surface area contributed by atoms with E-state index in [1.54, 1.807) is 6.92 Å². The van der Waals surface area contributed by atoms with Gasteiger partial charge in [0.2, 0.25) is 0 Å². The van der Waals surface area contributed by atoms with Crippen molar-refractivity contribution in [3.8, 4) is 0 Å². The van der Waals surface area contributed by atoms with Gasteiger partial charge in [-0.05, 0) is 74.5 Å².